The van der Waals surface area contributed by atoms with E-state index in [1.54, 1.807) is 23.5 Å². The van der Waals surface area contributed by atoms with E-state index in [4.69, 9.17) is 0 Å². The van der Waals surface area contributed by atoms with Crippen molar-refractivity contribution < 1.29 is 26.4 Å². The molecule has 0 aliphatic carbocycles. The lowest BCUT2D eigenvalue weighted by Gasteiger charge is -2.25. The number of aryl methyl sites for hydroxylation is 1. The Bertz CT molecular complexity index is 1180. The lowest BCUT2D eigenvalue weighted by atomic mass is 10.2. The van der Waals surface area contributed by atoms with Crippen LogP contribution in [-0.2, 0) is 16.6 Å². The van der Waals surface area contributed by atoms with E-state index < -0.39 is 28.7 Å². The number of carbonyl (C=O) groups is 1. The van der Waals surface area contributed by atoms with Gasteiger partial charge in [-0.3, -0.25) is 9.10 Å². The topological polar surface area (TPSA) is 66.5 Å². The van der Waals surface area contributed by atoms with Crippen LogP contribution in [0.25, 0.3) is 0 Å². The summed E-state index contributed by atoms with van der Waals surface area (Å²) >= 11 is 0. The monoisotopic (exact) mass is 462 g/mol. The van der Waals surface area contributed by atoms with Crippen LogP contribution in [0.3, 0.4) is 0 Å². The van der Waals surface area contributed by atoms with E-state index in [-0.39, 0.29) is 17.0 Å². The van der Waals surface area contributed by atoms with Gasteiger partial charge < -0.3 is 5.32 Å². The Morgan fingerprint density at radius 3 is 2.19 bits per heavy atom. The van der Waals surface area contributed by atoms with E-state index in [0.29, 0.717) is 5.69 Å². The van der Waals surface area contributed by atoms with Crippen molar-refractivity contribution in [2.45, 2.75) is 24.5 Å². The molecule has 0 saturated heterocycles. The summed E-state index contributed by atoms with van der Waals surface area (Å²) in [6.45, 7) is 0.468. The molecule has 0 heterocycles. The van der Waals surface area contributed by atoms with Gasteiger partial charge in [0.2, 0.25) is 0 Å². The second-order valence-electron chi connectivity index (χ2n) is 7.16. The normalized spacial score (nSPS) is 11.8. The molecule has 0 fully saturated rings. The van der Waals surface area contributed by atoms with Crippen molar-refractivity contribution in [1.82, 2.24) is 5.32 Å². The van der Waals surface area contributed by atoms with Gasteiger partial charge in [-0.1, -0.05) is 42.5 Å². The van der Waals surface area contributed by atoms with Crippen molar-refractivity contribution in [3.8, 4) is 0 Å². The van der Waals surface area contributed by atoms with Gasteiger partial charge in [0.05, 0.1) is 17.1 Å². The summed E-state index contributed by atoms with van der Waals surface area (Å²) in [5.74, 6) is -0.939. The summed E-state index contributed by atoms with van der Waals surface area (Å²) in [5.41, 5.74) is 2.06. The van der Waals surface area contributed by atoms with Gasteiger partial charge in [0.15, 0.2) is 0 Å². The number of hydrogen-bond donors (Lipinski definition) is 1. The minimum Gasteiger partial charge on any atom is -0.343 e. The quantitative estimate of drug-likeness (QED) is 0.554. The second-order valence-corrected chi connectivity index (χ2v) is 9.02. The zero-order chi connectivity index (χ0) is 23.4. The Hall–Kier alpha value is -3.33. The average Bonchev–Trinajstić information content (AvgIpc) is 2.76. The minimum atomic E-state index is -4.54. The number of halogens is 3. The van der Waals surface area contributed by atoms with E-state index >= 15 is 0 Å². The summed E-state index contributed by atoms with van der Waals surface area (Å²) < 4.78 is 65.1. The molecule has 0 aromatic heterocycles. The highest BCUT2D eigenvalue weighted by atomic mass is 32.2. The van der Waals surface area contributed by atoms with Crippen molar-refractivity contribution in [2.24, 2.45) is 0 Å². The number of nitrogens with one attached hydrogen (secondary N) is 1. The van der Waals surface area contributed by atoms with E-state index in [2.05, 4.69) is 0 Å². The number of benzene rings is 3. The SMILES string of the molecule is Cc1cccc(N(Cc2ccccc2)S(=O)(=O)c2ccc(C(=O)NCC(F)(F)F)cc2)c1. The van der Waals surface area contributed by atoms with Gasteiger partial charge in [-0.2, -0.15) is 13.2 Å². The summed E-state index contributed by atoms with van der Waals surface area (Å²) in [4.78, 5) is 11.8. The fraction of sp³-hybridized carbons (Fsp3) is 0.174. The van der Waals surface area contributed by atoms with Crippen LogP contribution < -0.4 is 9.62 Å². The Kier molecular flexibility index (Phi) is 6.88. The number of carbonyl (C=O) groups excluding carboxylic acids is 1. The van der Waals surface area contributed by atoms with Gasteiger partial charge in [-0.15, -0.1) is 0 Å². The molecular formula is C23H21F3N2O3S. The average molecular weight is 462 g/mol. The molecule has 0 spiro atoms. The predicted octanol–water partition coefficient (Wildman–Crippen LogP) is 4.68. The second kappa shape index (κ2) is 9.44. The molecule has 0 saturated carbocycles. The van der Waals surface area contributed by atoms with Crippen molar-refractivity contribution in [3.05, 3.63) is 95.6 Å². The van der Waals surface area contributed by atoms with E-state index in [9.17, 15) is 26.4 Å². The van der Waals surface area contributed by atoms with Crippen LogP contribution in [0.5, 0.6) is 0 Å². The summed E-state index contributed by atoms with van der Waals surface area (Å²) in [7, 11) is -4.03. The van der Waals surface area contributed by atoms with Gasteiger partial charge in [0, 0.05) is 5.56 Å². The van der Waals surface area contributed by atoms with Crippen molar-refractivity contribution in [2.75, 3.05) is 10.8 Å². The smallest absolute Gasteiger partial charge is 0.343 e. The third kappa shape index (κ3) is 5.88. The molecule has 168 valence electrons. The van der Waals surface area contributed by atoms with Crippen LogP contribution in [0, 0.1) is 6.92 Å². The zero-order valence-corrected chi connectivity index (χ0v) is 18.0. The number of amides is 1. The highest BCUT2D eigenvalue weighted by molar-refractivity contribution is 7.92. The molecule has 0 aliphatic rings. The first-order valence-corrected chi connectivity index (χ1v) is 11.1. The molecule has 9 heteroatoms. The third-order valence-electron chi connectivity index (χ3n) is 4.61. The maximum Gasteiger partial charge on any atom is 0.405 e. The number of anilines is 1. The molecule has 0 aliphatic heterocycles. The maximum absolute atomic E-state index is 13.5. The van der Waals surface area contributed by atoms with Crippen molar-refractivity contribution >= 4 is 21.6 Å². The number of sulfonamides is 1. The van der Waals surface area contributed by atoms with Crippen LogP contribution >= 0.6 is 0 Å². The Balaban J connectivity index is 1.91. The van der Waals surface area contributed by atoms with E-state index in [1.807, 2.05) is 43.3 Å². The highest BCUT2D eigenvalue weighted by Gasteiger charge is 2.28. The van der Waals surface area contributed by atoms with Crippen LogP contribution in [0.4, 0.5) is 18.9 Å². The molecule has 1 amide bonds. The fourth-order valence-corrected chi connectivity index (χ4v) is 4.48. The molecule has 1 N–H and O–H groups in total. The first-order valence-electron chi connectivity index (χ1n) is 9.65. The van der Waals surface area contributed by atoms with E-state index in [1.165, 1.54) is 28.6 Å². The fourth-order valence-electron chi connectivity index (χ4n) is 3.04. The van der Waals surface area contributed by atoms with Gasteiger partial charge >= 0.3 is 6.18 Å². The summed E-state index contributed by atoms with van der Waals surface area (Å²) in [6, 6.07) is 20.9. The first-order chi connectivity index (χ1) is 15.1. The molecule has 0 unspecified atom stereocenters. The van der Waals surface area contributed by atoms with Crippen LogP contribution in [0.2, 0.25) is 0 Å². The van der Waals surface area contributed by atoms with Gasteiger partial charge in [0.25, 0.3) is 15.9 Å². The largest absolute Gasteiger partial charge is 0.405 e. The van der Waals surface area contributed by atoms with Gasteiger partial charge in [-0.05, 0) is 54.4 Å². The summed E-state index contributed by atoms with van der Waals surface area (Å²) in [6.07, 6.45) is -4.54. The van der Waals surface area contributed by atoms with Gasteiger partial charge in [-0.25, -0.2) is 8.42 Å². The molecule has 0 bridgehead atoms. The summed E-state index contributed by atoms with van der Waals surface area (Å²) in [5, 5.41) is 1.76. The van der Waals surface area contributed by atoms with Crippen LogP contribution in [0.15, 0.2) is 83.8 Å². The number of nitrogens with zero attached hydrogens (tertiary/aromatic N) is 1. The lowest BCUT2D eigenvalue weighted by molar-refractivity contribution is -0.123. The maximum atomic E-state index is 13.5. The molecule has 3 rings (SSSR count). The standard InChI is InChI=1S/C23H21F3N2O3S/c1-17-6-5-9-20(14-17)28(15-18-7-3-2-4-8-18)32(30,31)21-12-10-19(11-13-21)22(29)27-16-23(24,25)26/h2-14H,15-16H2,1H3,(H,27,29). The Morgan fingerprint density at radius 1 is 0.938 bits per heavy atom. The molecule has 5 nitrogen and oxygen atoms in total. The first kappa shape index (κ1) is 23.3. The Labute approximate surface area is 184 Å². The number of rotatable bonds is 7. The minimum absolute atomic E-state index is 0.0710. The third-order valence-corrected chi connectivity index (χ3v) is 6.40. The highest BCUT2D eigenvalue weighted by Crippen LogP contribution is 2.27. The zero-order valence-electron chi connectivity index (χ0n) is 17.1. The van der Waals surface area contributed by atoms with E-state index in [0.717, 1.165) is 11.1 Å². The van der Waals surface area contributed by atoms with Crippen molar-refractivity contribution in [1.29, 1.82) is 0 Å². The predicted molar refractivity (Wildman–Crippen MR) is 116 cm³/mol. The Morgan fingerprint density at radius 2 is 1.59 bits per heavy atom. The molecule has 32 heavy (non-hydrogen) atoms. The lowest BCUT2D eigenvalue weighted by Crippen LogP contribution is -2.33. The van der Waals surface area contributed by atoms with Crippen molar-refractivity contribution in [3.63, 3.8) is 0 Å². The van der Waals surface area contributed by atoms with Crippen LogP contribution in [-0.4, -0.2) is 27.0 Å². The molecule has 3 aromatic carbocycles. The molecule has 3 aromatic rings. The molecule has 0 atom stereocenters. The molecule has 0 radical (unpaired) electrons. The molecular weight excluding hydrogens is 441 g/mol. The van der Waals surface area contributed by atoms with Gasteiger partial charge in [0.1, 0.15) is 6.54 Å². The number of alkyl halides is 3. The van der Waals surface area contributed by atoms with Crippen LogP contribution in [0.1, 0.15) is 21.5 Å². The number of hydrogen-bond acceptors (Lipinski definition) is 3.